The van der Waals surface area contributed by atoms with Gasteiger partial charge >= 0.3 is 12.3 Å². The Morgan fingerprint density at radius 1 is 1.17 bits per heavy atom. The van der Waals surface area contributed by atoms with Crippen LogP contribution in [-0.2, 0) is 9.53 Å². The van der Waals surface area contributed by atoms with Crippen molar-refractivity contribution in [2.75, 3.05) is 13.1 Å². The minimum Gasteiger partial charge on any atom is -0.444 e. The largest absolute Gasteiger partial charge is 0.450 e. The number of ketones is 1. The fraction of sp³-hybridized carbons (Fsp3) is 0.800. The maximum absolute atomic E-state index is 12.2. The monoisotopic (exact) mass is 336 g/mol. The average molecular weight is 336 g/mol. The summed E-state index contributed by atoms with van der Waals surface area (Å²) in [6, 6.07) is -0.172. The number of ether oxygens (including phenoxy) is 1. The number of Topliss-reactive ketones (excluding diaryl/α,β-unsaturated/α-hetero) is 1. The average Bonchev–Trinajstić information content (AvgIpc) is 2.36. The van der Waals surface area contributed by atoms with Crippen LogP contribution in [0.1, 0.15) is 47.0 Å². The third-order valence-corrected chi connectivity index (χ3v) is 3.25. The Hall–Kier alpha value is -1.60. The van der Waals surface area contributed by atoms with Crippen molar-refractivity contribution in [3.05, 3.63) is 0 Å². The van der Waals surface area contributed by atoms with Gasteiger partial charge in [-0.2, -0.15) is 13.2 Å². The standard InChI is InChI=1S/C15H23F3N2O3/c1-10(9-12(21)15(16,17)18)19-11-5-7-20(8-6-11)13(22)23-14(2,3)4/h11H,5-9H2,1-4H3. The lowest BCUT2D eigenvalue weighted by atomic mass is 10.1. The summed E-state index contributed by atoms with van der Waals surface area (Å²) in [4.78, 5) is 28.6. The van der Waals surface area contributed by atoms with E-state index in [1.165, 1.54) is 6.92 Å². The van der Waals surface area contributed by atoms with Crippen molar-refractivity contribution in [3.8, 4) is 0 Å². The number of hydrogen-bond donors (Lipinski definition) is 0. The Morgan fingerprint density at radius 3 is 2.13 bits per heavy atom. The highest BCUT2D eigenvalue weighted by Gasteiger charge is 2.38. The molecule has 1 aliphatic heterocycles. The molecule has 1 aliphatic rings. The maximum atomic E-state index is 12.2. The van der Waals surface area contributed by atoms with Crippen LogP contribution in [-0.4, -0.2) is 53.4 Å². The number of halogens is 3. The van der Waals surface area contributed by atoms with Gasteiger partial charge in [0.2, 0.25) is 5.78 Å². The number of hydrogen-bond acceptors (Lipinski definition) is 4. The first-order chi connectivity index (χ1) is 10.4. The van der Waals surface area contributed by atoms with E-state index in [1.54, 1.807) is 25.7 Å². The highest BCUT2D eigenvalue weighted by molar-refractivity contribution is 6.03. The van der Waals surface area contributed by atoms with Crippen LogP contribution in [0.2, 0.25) is 0 Å². The van der Waals surface area contributed by atoms with E-state index in [9.17, 15) is 22.8 Å². The Bertz CT molecular complexity index is 473. The number of nitrogens with zero attached hydrogens (tertiary/aromatic N) is 2. The molecule has 0 saturated carbocycles. The van der Waals surface area contributed by atoms with Gasteiger partial charge < -0.3 is 9.64 Å². The summed E-state index contributed by atoms with van der Waals surface area (Å²) in [6.07, 6.45) is -4.86. The van der Waals surface area contributed by atoms with Gasteiger partial charge in [0.25, 0.3) is 0 Å². The van der Waals surface area contributed by atoms with Crippen LogP contribution >= 0.6 is 0 Å². The molecule has 0 N–H and O–H groups in total. The van der Waals surface area contributed by atoms with Gasteiger partial charge in [-0.3, -0.25) is 9.79 Å². The van der Waals surface area contributed by atoms with Crippen LogP contribution in [0, 0.1) is 0 Å². The molecule has 0 bridgehead atoms. The molecule has 0 aromatic rings. The fourth-order valence-corrected chi connectivity index (χ4v) is 2.19. The lowest BCUT2D eigenvalue weighted by molar-refractivity contribution is -0.169. The smallest absolute Gasteiger partial charge is 0.444 e. The summed E-state index contributed by atoms with van der Waals surface area (Å²) in [7, 11) is 0. The Morgan fingerprint density at radius 2 is 1.70 bits per heavy atom. The molecule has 8 heteroatoms. The van der Waals surface area contributed by atoms with Gasteiger partial charge in [0, 0.05) is 18.8 Å². The second kappa shape index (κ2) is 7.31. The molecule has 1 rings (SSSR count). The number of rotatable bonds is 3. The third kappa shape index (κ3) is 7.00. The molecular weight excluding hydrogens is 313 g/mol. The highest BCUT2D eigenvalue weighted by Crippen LogP contribution is 2.20. The van der Waals surface area contributed by atoms with E-state index in [1.807, 2.05) is 0 Å². The van der Waals surface area contributed by atoms with Crippen LogP contribution in [0.4, 0.5) is 18.0 Å². The van der Waals surface area contributed by atoms with Crippen LogP contribution in [0.3, 0.4) is 0 Å². The molecule has 0 atom stereocenters. The van der Waals surface area contributed by atoms with E-state index in [0.717, 1.165) is 0 Å². The first kappa shape index (κ1) is 19.4. The second-order valence-corrected chi connectivity index (χ2v) is 6.66. The predicted octanol–water partition coefficient (Wildman–Crippen LogP) is 3.37. The number of alkyl halides is 3. The first-order valence-corrected chi connectivity index (χ1v) is 7.49. The van der Waals surface area contributed by atoms with Gasteiger partial charge in [0.05, 0.1) is 12.5 Å². The van der Waals surface area contributed by atoms with Crippen LogP contribution in [0.15, 0.2) is 4.99 Å². The van der Waals surface area contributed by atoms with Gasteiger partial charge in [-0.1, -0.05) is 0 Å². The minimum atomic E-state index is -4.82. The minimum absolute atomic E-state index is 0.169. The third-order valence-electron chi connectivity index (χ3n) is 3.25. The van der Waals surface area contributed by atoms with Gasteiger partial charge in [-0.15, -0.1) is 0 Å². The van der Waals surface area contributed by atoms with E-state index in [2.05, 4.69) is 4.99 Å². The number of carbonyl (C=O) groups is 2. The van der Waals surface area contributed by atoms with Gasteiger partial charge in [0.1, 0.15) is 5.60 Å². The summed E-state index contributed by atoms with van der Waals surface area (Å²) in [5.74, 6) is -1.79. The maximum Gasteiger partial charge on any atom is 0.450 e. The van der Waals surface area contributed by atoms with Crippen LogP contribution in [0.5, 0.6) is 0 Å². The first-order valence-electron chi connectivity index (χ1n) is 7.49. The number of carbonyl (C=O) groups excluding carboxylic acids is 2. The quantitative estimate of drug-likeness (QED) is 0.743. The van der Waals surface area contributed by atoms with Crippen molar-refractivity contribution in [2.24, 2.45) is 4.99 Å². The predicted molar refractivity (Wildman–Crippen MR) is 79.6 cm³/mol. The molecule has 0 aromatic carbocycles. The van der Waals surface area contributed by atoms with Crippen molar-refractivity contribution in [2.45, 2.75) is 64.8 Å². The van der Waals surface area contributed by atoms with Gasteiger partial charge in [0.15, 0.2) is 0 Å². The molecule has 0 aromatic heterocycles. The van der Waals surface area contributed by atoms with Gasteiger partial charge in [-0.25, -0.2) is 4.79 Å². The lowest BCUT2D eigenvalue weighted by Crippen LogP contribution is -2.42. The Balaban J connectivity index is 2.48. The van der Waals surface area contributed by atoms with Gasteiger partial charge in [-0.05, 0) is 40.5 Å². The summed E-state index contributed by atoms with van der Waals surface area (Å²) in [5.41, 5.74) is -0.399. The normalized spacial score (nSPS) is 18.0. The van der Waals surface area contributed by atoms with E-state index < -0.39 is 30.1 Å². The topological polar surface area (TPSA) is 59.0 Å². The van der Waals surface area contributed by atoms with Crippen LogP contribution in [0.25, 0.3) is 0 Å². The van der Waals surface area contributed by atoms with Crippen molar-refractivity contribution in [1.82, 2.24) is 4.90 Å². The summed E-state index contributed by atoms with van der Waals surface area (Å²) in [6.45, 7) is 7.63. The molecule has 1 saturated heterocycles. The summed E-state index contributed by atoms with van der Waals surface area (Å²) < 4.78 is 41.9. The molecule has 1 amide bonds. The number of piperidine rings is 1. The van der Waals surface area contributed by atoms with E-state index >= 15 is 0 Å². The van der Waals surface area contributed by atoms with Crippen molar-refractivity contribution < 1.29 is 27.5 Å². The van der Waals surface area contributed by atoms with Crippen molar-refractivity contribution in [1.29, 1.82) is 0 Å². The molecule has 1 heterocycles. The summed E-state index contributed by atoms with van der Waals surface area (Å²) in [5, 5.41) is 0. The lowest BCUT2D eigenvalue weighted by Gasteiger charge is -2.32. The zero-order valence-corrected chi connectivity index (χ0v) is 13.9. The van der Waals surface area contributed by atoms with E-state index in [-0.39, 0.29) is 11.8 Å². The van der Waals surface area contributed by atoms with E-state index in [4.69, 9.17) is 4.74 Å². The fourth-order valence-electron chi connectivity index (χ4n) is 2.19. The molecule has 0 unspecified atom stereocenters. The zero-order valence-electron chi connectivity index (χ0n) is 13.9. The Kier molecular flexibility index (Phi) is 6.18. The second-order valence-electron chi connectivity index (χ2n) is 6.66. The van der Waals surface area contributed by atoms with Crippen molar-refractivity contribution >= 4 is 17.6 Å². The molecule has 0 spiro atoms. The SMILES string of the molecule is CC(CC(=O)C(F)(F)F)=NC1CCN(C(=O)OC(C)(C)C)CC1. The molecular formula is C15H23F3N2O3. The molecule has 0 radical (unpaired) electrons. The zero-order chi connectivity index (χ0) is 17.8. The number of aliphatic imine (C=N–C) groups is 1. The summed E-state index contributed by atoms with van der Waals surface area (Å²) >= 11 is 0. The van der Waals surface area contributed by atoms with E-state index in [0.29, 0.717) is 25.9 Å². The highest BCUT2D eigenvalue weighted by atomic mass is 19.4. The number of likely N-dealkylation sites (tertiary alicyclic amines) is 1. The molecule has 5 nitrogen and oxygen atoms in total. The molecule has 23 heavy (non-hydrogen) atoms. The molecule has 0 aliphatic carbocycles. The molecule has 132 valence electrons. The number of amides is 1. The van der Waals surface area contributed by atoms with Crippen LogP contribution < -0.4 is 0 Å². The Labute approximate surface area is 133 Å². The molecule has 1 fully saturated rings. The van der Waals surface area contributed by atoms with Crippen molar-refractivity contribution in [3.63, 3.8) is 0 Å².